The maximum atomic E-state index is 13.2. The van der Waals surface area contributed by atoms with E-state index >= 15 is 0 Å². The van der Waals surface area contributed by atoms with Gasteiger partial charge in [-0.2, -0.15) is 0 Å². The van der Waals surface area contributed by atoms with Crippen LogP contribution in [0.25, 0.3) is 11.1 Å². The first-order valence-corrected chi connectivity index (χ1v) is 11.9. The van der Waals surface area contributed by atoms with Crippen molar-refractivity contribution in [2.24, 2.45) is 11.5 Å². The van der Waals surface area contributed by atoms with E-state index < -0.39 is 42.0 Å². The summed E-state index contributed by atoms with van der Waals surface area (Å²) < 4.78 is 0. The number of benzene rings is 2. The minimum absolute atomic E-state index is 0.0452. The van der Waals surface area contributed by atoms with Gasteiger partial charge in [-0.05, 0) is 46.5 Å². The Hall–Kier alpha value is -3.71. The van der Waals surface area contributed by atoms with Crippen molar-refractivity contribution in [3.8, 4) is 22.6 Å². The Morgan fingerprint density at radius 1 is 1.00 bits per heavy atom. The van der Waals surface area contributed by atoms with Crippen molar-refractivity contribution >= 4 is 17.7 Å². The van der Waals surface area contributed by atoms with E-state index in [1.807, 2.05) is 0 Å². The Morgan fingerprint density at radius 2 is 1.59 bits per heavy atom. The van der Waals surface area contributed by atoms with Gasteiger partial charge in [0.2, 0.25) is 17.7 Å². The summed E-state index contributed by atoms with van der Waals surface area (Å²) in [6, 6.07) is 5.95. The molecule has 2 aromatic rings. The maximum absolute atomic E-state index is 13.2. The molecule has 0 fully saturated rings. The van der Waals surface area contributed by atoms with E-state index in [0.29, 0.717) is 22.3 Å². The Morgan fingerprint density at radius 3 is 2.16 bits per heavy atom. The quantitative estimate of drug-likeness (QED) is 0.207. The Balaban J connectivity index is 2.09. The lowest BCUT2D eigenvalue weighted by Crippen LogP contribution is -2.57. The molecule has 12 nitrogen and oxygen atoms in total. The molecule has 0 aliphatic carbocycles. The van der Waals surface area contributed by atoms with Crippen LogP contribution in [-0.4, -0.2) is 82.1 Å². The molecule has 0 aromatic heterocycles. The monoisotopic (exact) mass is 515 g/mol. The van der Waals surface area contributed by atoms with Crippen molar-refractivity contribution in [1.82, 2.24) is 16.0 Å². The lowest BCUT2D eigenvalue weighted by Gasteiger charge is -2.25. The summed E-state index contributed by atoms with van der Waals surface area (Å²) in [4.78, 5) is 39.0. The van der Waals surface area contributed by atoms with Gasteiger partial charge in [0.25, 0.3) is 0 Å². The van der Waals surface area contributed by atoms with Gasteiger partial charge < -0.3 is 47.8 Å². The second kappa shape index (κ2) is 12.5. The van der Waals surface area contributed by atoms with Crippen LogP contribution in [0.4, 0.5) is 0 Å². The molecule has 0 saturated carbocycles. The van der Waals surface area contributed by atoms with Crippen LogP contribution >= 0.6 is 0 Å². The van der Waals surface area contributed by atoms with E-state index in [9.17, 15) is 29.7 Å². The lowest BCUT2D eigenvalue weighted by molar-refractivity contribution is -0.133. The van der Waals surface area contributed by atoms with Gasteiger partial charge in [0.1, 0.15) is 23.6 Å². The van der Waals surface area contributed by atoms with Crippen molar-refractivity contribution in [3.05, 3.63) is 47.5 Å². The molecular formula is C25H33N5O7. The minimum Gasteiger partial charge on any atom is -0.508 e. The van der Waals surface area contributed by atoms with Crippen LogP contribution in [0.15, 0.2) is 36.4 Å². The number of carbonyl (C=O) groups is 3. The molecule has 0 radical (unpaired) electrons. The number of nitrogens with two attached hydrogens (primary N) is 2. The standard InChI is InChI=1S/C25H33N5O7/c26-12-17(32)11-20-25(37)30-19(24(36)28-5-6-31)10-16-8-14(2-4-22(16)34)13-1-3-21(33)15(7-13)9-18(27)23(35)29-20/h1-4,7-8,17-20,31-34H,5-6,9-12,26-27H2,(H,28,36)(H,29,35)(H,30,37)/t17-,18+,19-,20-/m1/s1. The van der Waals surface area contributed by atoms with Crippen molar-refractivity contribution in [1.29, 1.82) is 0 Å². The summed E-state index contributed by atoms with van der Waals surface area (Å²) in [6.07, 6.45) is -1.53. The molecule has 12 heteroatoms. The SMILES string of the molecule is NC[C@H](O)C[C@H]1NC(=O)[C@@H](N)Cc2cc(ccc2O)-c2ccc(O)c(c2)C[C@H](C(=O)NCCO)NC1=O. The highest BCUT2D eigenvalue weighted by molar-refractivity contribution is 5.93. The van der Waals surface area contributed by atoms with Gasteiger partial charge >= 0.3 is 0 Å². The fourth-order valence-electron chi connectivity index (χ4n) is 4.07. The third-order valence-electron chi connectivity index (χ3n) is 6.15. The zero-order valence-electron chi connectivity index (χ0n) is 20.2. The van der Waals surface area contributed by atoms with Gasteiger partial charge in [0.05, 0.1) is 18.8 Å². The molecule has 3 amide bonds. The minimum atomic E-state index is -1.28. The summed E-state index contributed by atoms with van der Waals surface area (Å²) in [7, 11) is 0. The average molecular weight is 516 g/mol. The number of carbonyl (C=O) groups excluding carboxylic acids is 3. The fourth-order valence-corrected chi connectivity index (χ4v) is 4.07. The molecule has 37 heavy (non-hydrogen) atoms. The third-order valence-corrected chi connectivity index (χ3v) is 6.15. The predicted octanol–water partition coefficient (Wildman–Crippen LogP) is -2.02. The number of hydrogen-bond acceptors (Lipinski definition) is 9. The molecule has 0 unspecified atom stereocenters. The smallest absolute Gasteiger partial charge is 0.243 e. The first kappa shape index (κ1) is 27.9. The summed E-state index contributed by atoms with van der Waals surface area (Å²) in [6.45, 7) is -0.558. The number of phenolic OH excluding ortho intramolecular Hbond substituents is 2. The first-order chi connectivity index (χ1) is 17.6. The van der Waals surface area contributed by atoms with Crippen molar-refractivity contribution in [2.45, 2.75) is 43.5 Å². The van der Waals surface area contributed by atoms with Gasteiger partial charge in [-0.3, -0.25) is 14.4 Å². The summed E-state index contributed by atoms with van der Waals surface area (Å²) in [5.74, 6) is -2.27. The number of aromatic hydroxyl groups is 2. The van der Waals surface area contributed by atoms with E-state index in [0.717, 1.165) is 0 Å². The molecule has 1 aliphatic rings. The second-order valence-corrected chi connectivity index (χ2v) is 8.96. The van der Waals surface area contributed by atoms with E-state index in [4.69, 9.17) is 16.6 Å². The summed E-state index contributed by atoms with van der Waals surface area (Å²) >= 11 is 0. The number of hydrogen-bond donors (Lipinski definition) is 9. The van der Waals surface area contributed by atoms with Gasteiger partial charge in [0, 0.05) is 32.4 Å². The molecular weight excluding hydrogens is 482 g/mol. The van der Waals surface area contributed by atoms with Crippen molar-refractivity contribution in [3.63, 3.8) is 0 Å². The van der Waals surface area contributed by atoms with Crippen LogP contribution in [0, 0.1) is 0 Å². The summed E-state index contributed by atoms with van der Waals surface area (Å²) in [5.41, 5.74) is 13.7. The van der Waals surface area contributed by atoms with Crippen molar-refractivity contribution < 1.29 is 34.8 Å². The zero-order chi connectivity index (χ0) is 27.1. The fraction of sp³-hybridized carbons (Fsp3) is 0.400. The van der Waals surface area contributed by atoms with Crippen LogP contribution in [0.3, 0.4) is 0 Å². The number of amides is 3. The third kappa shape index (κ3) is 7.17. The van der Waals surface area contributed by atoms with Crippen molar-refractivity contribution in [2.75, 3.05) is 19.7 Å². The Labute approximate surface area is 213 Å². The number of phenols is 2. The van der Waals surface area contributed by atoms with Crippen LogP contribution in [-0.2, 0) is 27.2 Å². The predicted molar refractivity (Wildman–Crippen MR) is 134 cm³/mol. The Bertz CT molecular complexity index is 1140. The van der Waals surface area contributed by atoms with E-state index in [-0.39, 0.29) is 50.5 Å². The molecule has 0 saturated heterocycles. The highest BCUT2D eigenvalue weighted by Crippen LogP contribution is 2.30. The van der Waals surface area contributed by atoms with Crippen LogP contribution in [0.1, 0.15) is 17.5 Å². The molecule has 4 bridgehead atoms. The molecule has 200 valence electrons. The molecule has 11 N–H and O–H groups in total. The maximum Gasteiger partial charge on any atom is 0.243 e. The van der Waals surface area contributed by atoms with E-state index in [2.05, 4.69) is 16.0 Å². The van der Waals surface area contributed by atoms with Crippen LogP contribution in [0.5, 0.6) is 11.5 Å². The molecule has 2 aromatic carbocycles. The molecule has 0 spiro atoms. The summed E-state index contributed by atoms with van der Waals surface area (Å²) in [5, 5.41) is 47.6. The number of aliphatic hydroxyl groups is 2. The largest absolute Gasteiger partial charge is 0.508 e. The van der Waals surface area contributed by atoms with E-state index in [1.165, 1.54) is 12.1 Å². The molecule has 1 heterocycles. The first-order valence-electron chi connectivity index (χ1n) is 11.9. The second-order valence-electron chi connectivity index (χ2n) is 8.96. The molecule has 3 rings (SSSR count). The Kier molecular flexibility index (Phi) is 9.42. The molecule has 1 aliphatic heterocycles. The highest BCUT2D eigenvalue weighted by Gasteiger charge is 2.30. The van der Waals surface area contributed by atoms with Crippen LogP contribution in [0.2, 0.25) is 0 Å². The van der Waals surface area contributed by atoms with E-state index in [1.54, 1.807) is 24.3 Å². The topological polar surface area (TPSA) is 220 Å². The highest BCUT2D eigenvalue weighted by atomic mass is 16.3. The van der Waals surface area contributed by atoms with Gasteiger partial charge in [-0.1, -0.05) is 12.1 Å². The number of rotatable bonds is 6. The number of aliphatic hydroxyl groups excluding tert-OH is 2. The average Bonchev–Trinajstić information content (AvgIpc) is 2.88. The van der Waals surface area contributed by atoms with Gasteiger partial charge in [-0.15, -0.1) is 0 Å². The normalized spacial score (nSPS) is 21.1. The zero-order valence-corrected chi connectivity index (χ0v) is 20.2. The van der Waals surface area contributed by atoms with Gasteiger partial charge in [0.15, 0.2) is 0 Å². The van der Waals surface area contributed by atoms with Crippen LogP contribution < -0.4 is 27.4 Å². The number of fused-ring (bicyclic) bond motifs is 5. The lowest BCUT2D eigenvalue weighted by atomic mass is 9.95. The van der Waals surface area contributed by atoms with Gasteiger partial charge in [-0.25, -0.2) is 0 Å². The number of nitrogens with one attached hydrogen (secondary N) is 3. The molecule has 4 atom stereocenters.